The summed E-state index contributed by atoms with van der Waals surface area (Å²) in [4.78, 5) is 4.30. The van der Waals surface area contributed by atoms with Gasteiger partial charge in [0.05, 0.1) is 14.2 Å². The predicted octanol–water partition coefficient (Wildman–Crippen LogP) is 3.33. The molecular formula is C15H17NO2. The third-order valence-corrected chi connectivity index (χ3v) is 2.90. The highest BCUT2D eigenvalue weighted by Gasteiger charge is 2.06. The molecule has 0 N–H and O–H groups in total. The van der Waals surface area contributed by atoms with Crippen molar-refractivity contribution < 1.29 is 9.47 Å². The van der Waals surface area contributed by atoms with Crippen molar-refractivity contribution in [3.8, 4) is 22.6 Å². The summed E-state index contributed by atoms with van der Waals surface area (Å²) >= 11 is 0. The van der Waals surface area contributed by atoms with Crippen molar-refractivity contribution in [2.75, 3.05) is 14.2 Å². The van der Waals surface area contributed by atoms with Crippen molar-refractivity contribution in [3.63, 3.8) is 0 Å². The van der Waals surface area contributed by atoms with Gasteiger partial charge < -0.3 is 9.47 Å². The average Bonchev–Trinajstić information content (AvgIpc) is 2.46. The largest absolute Gasteiger partial charge is 0.493 e. The first-order chi connectivity index (χ1) is 8.78. The zero-order valence-corrected chi connectivity index (χ0v) is 10.9. The second-order valence-electron chi connectivity index (χ2n) is 3.96. The standard InChI is InChI=1S/C15H17NO2/c1-4-13-9-12(7-8-16-13)11-5-6-14(17-2)15(10-11)18-3/h5-10H,4H2,1-3H3. The first-order valence-corrected chi connectivity index (χ1v) is 5.95. The lowest BCUT2D eigenvalue weighted by Crippen LogP contribution is -1.92. The molecule has 0 fully saturated rings. The minimum absolute atomic E-state index is 0.741. The Bertz CT molecular complexity index is 538. The maximum absolute atomic E-state index is 5.31. The van der Waals surface area contributed by atoms with E-state index in [1.807, 2.05) is 30.5 Å². The summed E-state index contributed by atoms with van der Waals surface area (Å²) in [5.41, 5.74) is 3.33. The van der Waals surface area contributed by atoms with Gasteiger partial charge >= 0.3 is 0 Å². The smallest absolute Gasteiger partial charge is 0.161 e. The molecule has 0 amide bonds. The predicted molar refractivity (Wildman–Crippen MR) is 72.2 cm³/mol. The van der Waals surface area contributed by atoms with Gasteiger partial charge in [0.25, 0.3) is 0 Å². The van der Waals surface area contributed by atoms with E-state index >= 15 is 0 Å². The van der Waals surface area contributed by atoms with E-state index in [4.69, 9.17) is 9.47 Å². The second-order valence-corrected chi connectivity index (χ2v) is 3.96. The van der Waals surface area contributed by atoms with E-state index in [0.29, 0.717) is 0 Å². The van der Waals surface area contributed by atoms with Crippen LogP contribution in [0, 0.1) is 0 Å². The van der Waals surface area contributed by atoms with Gasteiger partial charge in [0, 0.05) is 11.9 Å². The van der Waals surface area contributed by atoms with Crippen LogP contribution in [0.2, 0.25) is 0 Å². The van der Waals surface area contributed by atoms with Crippen LogP contribution >= 0.6 is 0 Å². The van der Waals surface area contributed by atoms with Crippen LogP contribution in [0.25, 0.3) is 11.1 Å². The fraction of sp³-hybridized carbons (Fsp3) is 0.267. The number of hydrogen-bond donors (Lipinski definition) is 0. The van der Waals surface area contributed by atoms with Crippen LogP contribution in [-0.2, 0) is 6.42 Å². The molecule has 0 aliphatic heterocycles. The molecule has 1 aromatic heterocycles. The Kier molecular flexibility index (Phi) is 3.82. The maximum atomic E-state index is 5.31. The van der Waals surface area contributed by atoms with Crippen molar-refractivity contribution in [3.05, 3.63) is 42.2 Å². The number of rotatable bonds is 4. The summed E-state index contributed by atoms with van der Waals surface area (Å²) in [6.45, 7) is 2.10. The van der Waals surface area contributed by atoms with Gasteiger partial charge in [-0.2, -0.15) is 0 Å². The summed E-state index contributed by atoms with van der Waals surface area (Å²) in [6, 6.07) is 10.0. The van der Waals surface area contributed by atoms with Gasteiger partial charge in [0.15, 0.2) is 11.5 Å². The summed E-state index contributed by atoms with van der Waals surface area (Å²) < 4.78 is 10.5. The van der Waals surface area contributed by atoms with Gasteiger partial charge in [-0.25, -0.2) is 0 Å². The van der Waals surface area contributed by atoms with Gasteiger partial charge in [0.2, 0.25) is 0 Å². The molecule has 0 atom stereocenters. The molecule has 18 heavy (non-hydrogen) atoms. The normalized spacial score (nSPS) is 10.2. The number of ether oxygens (including phenoxy) is 2. The quantitative estimate of drug-likeness (QED) is 0.825. The fourth-order valence-electron chi connectivity index (χ4n) is 1.87. The Hall–Kier alpha value is -2.03. The topological polar surface area (TPSA) is 31.4 Å². The summed E-state index contributed by atoms with van der Waals surface area (Å²) in [7, 11) is 3.28. The number of benzene rings is 1. The molecule has 3 nitrogen and oxygen atoms in total. The van der Waals surface area contributed by atoms with Crippen molar-refractivity contribution in [1.29, 1.82) is 0 Å². The minimum Gasteiger partial charge on any atom is -0.493 e. The first kappa shape index (κ1) is 12.4. The lowest BCUT2D eigenvalue weighted by atomic mass is 10.0. The van der Waals surface area contributed by atoms with Gasteiger partial charge in [0.1, 0.15) is 0 Å². The van der Waals surface area contributed by atoms with Crippen molar-refractivity contribution in [2.45, 2.75) is 13.3 Å². The highest BCUT2D eigenvalue weighted by atomic mass is 16.5. The van der Waals surface area contributed by atoms with E-state index in [-0.39, 0.29) is 0 Å². The molecular weight excluding hydrogens is 226 g/mol. The molecule has 1 heterocycles. The molecule has 0 aliphatic carbocycles. The number of aryl methyl sites for hydroxylation is 1. The molecule has 0 aliphatic rings. The highest BCUT2D eigenvalue weighted by Crippen LogP contribution is 2.32. The number of pyridine rings is 1. The highest BCUT2D eigenvalue weighted by molar-refractivity contribution is 5.67. The van der Waals surface area contributed by atoms with Crippen LogP contribution in [0.15, 0.2) is 36.5 Å². The summed E-state index contributed by atoms with van der Waals surface area (Å²) in [6.07, 6.45) is 2.77. The van der Waals surface area contributed by atoms with Crippen LogP contribution in [0.3, 0.4) is 0 Å². The lowest BCUT2D eigenvalue weighted by Gasteiger charge is -2.10. The SMILES string of the molecule is CCc1cc(-c2ccc(OC)c(OC)c2)ccn1. The monoisotopic (exact) mass is 243 g/mol. The van der Waals surface area contributed by atoms with Crippen LogP contribution in [0.5, 0.6) is 11.5 Å². The molecule has 0 saturated heterocycles. The molecule has 0 unspecified atom stereocenters. The third-order valence-electron chi connectivity index (χ3n) is 2.90. The van der Waals surface area contributed by atoms with Crippen LogP contribution in [0.4, 0.5) is 0 Å². The van der Waals surface area contributed by atoms with Crippen LogP contribution < -0.4 is 9.47 Å². The Labute approximate surface area is 107 Å². The molecule has 3 heteroatoms. The Morgan fingerprint density at radius 2 is 1.67 bits per heavy atom. The van der Waals surface area contributed by atoms with Gasteiger partial charge in [-0.1, -0.05) is 13.0 Å². The second kappa shape index (κ2) is 5.54. The first-order valence-electron chi connectivity index (χ1n) is 5.95. The molecule has 0 radical (unpaired) electrons. The molecule has 94 valence electrons. The zero-order valence-electron chi connectivity index (χ0n) is 10.9. The maximum Gasteiger partial charge on any atom is 0.161 e. The van der Waals surface area contributed by atoms with E-state index in [1.54, 1.807) is 14.2 Å². The Balaban J connectivity index is 2.43. The fourth-order valence-corrected chi connectivity index (χ4v) is 1.87. The molecule has 1 aromatic carbocycles. The number of nitrogens with zero attached hydrogens (tertiary/aromatic N) is 1. The third kappa shape index (κ3) is 2.45. The molecule has 0 spiro atoms. The summed E-state index contributed by atoms with van der Waals surface area (Å²) in [5.74, 6) is 1.48. The minimum atomic E-state index is 0.741. The lowest BCUT2D eigenvalue weighted by molar-refractivity contribution is 0.355. The van der Waals surface area contributed by atoms with E-state index < -0.39 is 0 Å². The van der Waals surface area contributed by atoms with Crippen molar-refractivity contribution >= 4 is 0 Å². The van der Waals surface area contributed by atoms with Crippen LogP contribution in [0.1, 0.15) is 12.6 Å². The zero-order chi connectivity index (χ0) is 13.0. The average molecular weight is 243 g/mol. The number of hydrogen-bond acceptors (Lipinski definition) is 3. The number of methoxy groups -OCH3 is 2. The van der Waals surface area contributed by atoms with E-state index in [0.717, 1.165) is 34.7 Å². The Morgan fingerprint density at radius 3 is 2.33 bits per heavy atom. The molecule has 2 aromatic rings. The van der Waals surface area contributed by atoms with Gasteiger partial charge in [-0.15, -0.1) is 0 Å². The van der Waals surface area contributed by atoms with Crippen molar-refractivity contribution in [2.24, 2.45) is 0 Å². The molecule has 0 bridgehead atoms. The van der Waals surface area contributed by atoms with Gasteiger partial charge in [-0.05, 0) is 41.8 Å². The van der Waals surface area contributed by atoms with E-state index in [1.165, 1.54) is 0 Å². The van der Waals surface area contributed by atoms with E-state index in [9.17, 15) is 0 Å². The molecule has 0 saturated carbocycles. The Morgan fingerprint density at radius 1 is 0.944 bits per heavy atom. The number of aromatic nitrogens is 1. The molecule has 2 rings (SSSR count). The van der Waals surface area contributed by atoms with Crippen LogP contribution in [-0.4, -0.2) is 19.2 Å². The van der Waals surface area contributed by atoms with E-state index in [2.05, 4.69) is 18.0 Å². The van der Waals surface area contributed by atoms with Crippen molar-refractivity contribution in [1.82, 2.24) is 4.98 Å². The van der Waals surface area contributed by atoms with Gasteiger partial charge in [-0.3, -0.25) is 4.98 Å². The summed E-state index contributed by atoms with van der Waals surface area (Å²) in [5, 5.41) is 0.